The van der Waals surface area contributed by atoms with E-state index < -0.39 is 0 Å². The number of carbonyl (C=O) groups is 1. The maximum atomic E-state index is 11.2. The van der Waals surface area contributed by atoms with Crippen molar-refractivity contribution in [1.29, 1.82) is 0 Å². The normalized spacial score (nSPS) is 21.8. The number of hydrogen-bond donors (Lipinski definition) is 0. The van der Waals surface area contributed by atoms with E-state index >= 15 is 0 Å². The molecule has 0 spiro atoms. The SMILES string of the molecule is CCCCC[C@@H](OC(C)=O)[C@@H]1CCCC=C1C. The van der Waals surface area contributed by atoms with E-state index in [0.717, 1.165) is 12.8 Å². The lowest BCUT2D eigenvalue weighted by Gasteiger charge is -2.30. The highest BCUT2D eigenvalue weighted by molar-refractivity contribution is 5.66. The second-order valence-electron chi connectivity index (χ2n) is 5.13. The number of carbonyl (C=O) groups excluding carboxylic acids is 1. The molecule has 2 atom stereocenters. The predicted octanol–water partition coefficient (Wildman–Crippen LogP) is 4.24. The van der Waals surface area contributed by atoms with Crippen LogP contribution in [0.25, 0.3) is 0 Å². The molecule has 1 rings (SSSR count). The van der Waals surface area contributed by atoms with Crippen LogP contribution < -0.4 is 0 Å². The molecule has 0 saturated heterocycles. The van der Waals surface area contributed by atoms with Crippen LogP contribution in [0.3, 0.4) is 0 Å². The molecule has 17 heavy (non-hydrogen) atoms. The zero-order valence-electron chi connectivity index (χ0n) is 11.5. The molecule has 0 N–H and O–H groups in total. The van der Waals surface area contributed by atoms with E-state index in [1.807, 2.05) is 0 Å². The monoisotopic (exact) mass is 238 g/mol. The van der Waals surface area contributed by atoms with Gasteiger partial charge in [-0.1, -0.05) is 31.4 Å². The summed E-state index contributed by atoms with van der Waals surface area (Å²) in [4.78, 5) is 11.2. The number of unbranched alkanes of at least 4 members (excludes halogenated alkanes) is 2. The van der Waals surface area contributed by atoms with Gasteiger partial charge in [0.15, 0.2) is 0 Å². The summed E-state index contributed by atoms with van der Waals surface area (Å²) in [6, 6.07) is 0. The summed E-state index contributed by atoms with van der Waals surface area (Å²) in [5.74, 6) is 0.328. The average Bonchev–Trinajstić information content (AvgIpc) is 2.28. The summed E-state index contributed by atoms with van der Waals surface area (Å²) < 4.78 is 5.53. The number of esters is 1. The van der Waals surface area contributed by atoms with Crippen molar-refractivity contribution in [3.63, 3.8) is 0 Å². The largest absolute Gasteiger partial charge is 0.462 e. The molecule has 0 aliphatic heterocycles. The third-order valence-corrected chi connectivity index (χ3v) is 3.63. The van der Waals surface area contributed by atoms with Gasteiger partial charge in [-0.15, -0.1) is 0 Å². The Balaban J connectivity index is 2.57. The number of allylic oxidation sites excluding steroid dienone is 1. The molecule has 0 fully saturated rings. The number of hydrogen-bond acceptors (Lipinski definition) is 2. The molecule has 0 bridgehead atoms. The molecular weight excluding hydrogens is 212 g/mol. The van der Waals surface area contributed by atoms with E-state index in [1.165, 1.54) is 44.6 Å². The summed E-state index contributed by atoms with van der Waals surface area (Å²) in [6.07, 6.45) is 10.6. The highest BCUT2D eigenvalue weighted by Crippen LogP contribution is 2.31. The molecule has 0 saturated carbocycles. The summed E-state index contributed by atoms with van der Waals surface area (Å²) in [5, 5.41) is 0. The predicted molar refractivity (Wildman–Crippen MR) is 70.8 cm³/mol. The molecule has 1 aliphatic rings. The molecule has 0 amide bonds. The lowest BCUT2D eigenvalue weighted by atomic mass is 9.82. The van der Waals surface area contributed by atoms with E-state index in [2.05, 4.69) is 19.9 Å². The molecular formula is C15H26O2. The second kappa shape index (κ2) is 7.52. The van der Waals surface area contributed by atoms with Crippen LogP contribution in [0.4, 0.5) is 0 Å². The quantitative estimate of drug-likeness (QED) is 0.393. The van der Waals surface area contributed by atoms with E-state index in [4.69, 9.17) is 4.74 Å². The van der Waals surface area contributed by atoms with Gasteiger partial charge < -0.3 is 4.74 Å². The fourth-order valence-corrected chi connectivity index (χ4v) is 2.68. The first-order chi connectivity index (χ1) is 8.15. The maximum absolute atomic E-state index is 11.2. The Hall–Kier alpha value is -0.790. The topological polar surface area (TPSA) is 26.3 Å². The van der Waals surface area contributed by atoms with Gasteiger partial charge in [-0.25, -0.2) is 0 Å². The molecule has 0 aromatic carbocycles. The number of rotatable bonds is 6. The van der Waals surface area contributed by atoms with Gasteiger partial charge in [0.1, 0.15) is 6.10 Å². The Bertz CT molecular complexity index is 268. The standard InChI is InChI=1S/C15H26O2/c1-4-5-6-11-15(17-13(3)16)14-10-8-7-9-12(14)2/h9,14-15H,4-8,10-11H2,1-3H3/t14-,15-/m1/s1. The van der Waals surface area contributed by atoms with Crippen LogP contribution in [-0.2, 0) is 9.53 Å². The fourth-order valence-electron chi connectivity index (χ4n) is 2.68. The third-order valence-electron chi connectivity index (χ3n) is 3.63. The van der Waals surface area contributed by atoms with Gasteiger partial charge in [0.05, 0.1) is 0 Å². The molecule has 0 unspecified atom stereocenters. The van der Waals surface area contributed by atoms with Gasteiger partial charge in [-0.2, -0.15) is 0 Å². The van der Waals surface area contributed by atoms with E-state index in [1.54, 1.807) is 0 Å². The molecule has 1 aliphatic carbocycles. The highest BCUT2D eigenvalue weighted by atomic mass is 16.5. The van der Waals surface area contributed by atoms with Crippen LogP contribution in [-0.4, -0.2) is 12.1 Å². The van der Waals surface area contributed by atoms with Crippen molar-refractivity contribution in [2.24, 2.45) is 5.92 Å². The van der Waals surface area contributed by atoms with E-state index in [-0.39, 0.29) is 12.1 Å². The minimum atomic E-state index is -0.134. The lowest BCUT2D eigenvalue weighted by Crippen LogP contribution is -2.28. The van der Waals surface area contributed by atoms with Crippen LogP contribution in [0.1, 0.15) is 65.7 Å². The van der Waals surface area contributed by atoms with E-state index in [9.17, 15) is 4.79 Å². The van der Waals surface area contributed by atoms with Gasteiger partial charge in [0, 0.05) is 12.8 Å². The van der Waals surface area contributed by atoms with Crippen molar-refractivity contribution in [2.45, 2.75) is 71.8 Å². The van der Waals surface area contributed by atoms with Crippen LogP contribution in [0, 0.1) is 5.92 Å². The molecule has 0 aromatic heterocycles. The molecule has 0 heterocycles. The molecule has 0 radical (unpaired) electrons. The third kappa shape index (κ3) is 4.93. The molecule has 98 valence electrons. The smallest absolute Gasteiger partial charge is 0.302 e. The molecule has 0 aromatic rings. The van der Waals surface area contributed by atoms with Crippen molar-refractivity contribution in [3.05, 3.63) is 11.6 Å². The van der Waals surface area contributed by atoms with Crippen molar-refractivity contribution in [1.82, 2.24) is 0 Å². The minimum absolute atomic E-state index is 0.107. The van der Waals surface area contributed by atoms with Crippen molar-refractivity contribution < 1.29 is 9.53 Å². The first-order valence-corrected chi connectivity index (χ1v) is 6.99. The van der Waals surface area contributed by atoms with Crippen molar-refractivity contribution in [2.75, 3.05) is 0 Å². The van der Waals surface area contributed by atoms with Gasteiger partial charge in [0.2, 0.25) is 0 Å². The van der Waals surface area contributed by atoms with Gasteiger partial charge in [-0.05, 0) is 39.0 Å². The Morgan fingerprint density at radius 3 is 2.88 bits per heavy atom. The van der Waals surface area contributed by atoms with Crippen molar-refractivity contribution >= 4 is 5.97 Å². The maximum Gasteiger partial charge on any atom is 0.302 e. The summed E-state index contributed by atoms with van der Waals surface area (Å²) in [7, 11) is 0. The Kier molecular flexibility index (Phi) is 6.31. The minimum Gasteiger partial charge on any atom is -0.462 e. The Labute approximate surface area is 105 Å². The fraction of sp³-hybridized carbons (Fsp3) is 0.800. The molecule has 2 heteroatoms. The Morgan fingerprint density at radius 1 is 1.53 bits per heavy atom. The molecule has 2 nitrogen and oxygen atoms in total. The van der Waals surface area contributed by atoms with Crippen LogP contribution >= 0.6 is 0 Å². The van der Waals surface area contributed by atoms with Crippen LogP contribution in [0.15, 0.2) is 11.6 Å². The first kappa shape index (κ1) is 14.3. The summed E-state index contributed by atoms with van der Waals surface area (Å²) in [5.41, 5.74) is 1.42. The van der Waals surface area contributed by atoms with Crippen molar-refractivity contribution in [3.8, 4) is 0 Å². The zero-order chi connectivity index (χ0) is 12.7. The Morgan fingerprint density at radius 2 is 2.29 bits per heavy atom. The lowest BCUT2D eigenvalue weighted by molar-refractivity contribution is -0.149. The number of ether oxygens (including phenoxy) is 1. The van der Waals surface area contributed by atoms with E-state index in [0.29, 0.717) is 5.92 Å². The summed E-state index contributed by atoms with van der Waals surface area (Å²) in [6.45, 7) is 5.90. The zero-order valence-corrected chi connectivity index (χ0v) is 11.5. The van der Waals surface area contributed by atoms with Gasteiger partial charge >= 0.3 is 5.97 Å². The summed E-state index contributed by atoms with van der Waals surface area (Å²) >= 11 is 0. The van der Waals surface area contributed by atoms with Crippen LogP contribution in [0.5, 0.6) is 0 Å². The average molecular weight is 238 g/mol. The first-order valence-electron chi connectivity index (χ1n) is 6.99. The van der Waals surface area contributed by atoms with Gasteiger partial charge in [-0.3, -0.25) is 4.79 Å². The van der Waals surface area contributed by atoms with Gasteiger partial charge in [0.25, 0.3) is 0 Å². The highest BCUT2D eigenvalue weighted by Gasteiger charge is 2.26. The second-order valence-corrected chi connectivity index (χ2v) is 5.13. The van der Waals surface area contributed by atoms with Crippen LogP contribution in [0.2, 0.25) is 0 Å².